The Morgan fingerprint density at radius 1 is 1.40 bits per heavy atom. The number of benzene rings is 1. The average molecular weight is 281 g/mol. The largest absolute Gasteiger partial charge is 0.496 e. The van der Waals surface area contributed by atoms with Crippen LogP contribution in [-0.4, -0.2) is 44.5 Å². The van der Waals surface area contributed by atoms with E-state index in [1.54, 1.807) is 7.11 Å². The molecule has 0 heterocycles. The highest BCUT2D eigenvalue weighted by Crippen LogP contribution is 2.19. The summed E-state index contributed by atoms with van der Waals surface area (Å²) in [4.78, 5) is 11.8. The number of amides is 1. The van der Waals surface area contributed by atoms with E-state index in [2.05, 4.69) is 5.32 Å². The molecule has 1 rings (SSSR count). The molecule has 0 radical (unpaired) electrons. The Bertz CT molecular complexity index is 434. The van der Waals surface area contributed by atoms with Crippen molar-refractivity contribution in [2.24, 2.45) is 0 Å². The van der Waals surface area contributed by atoms with Crippen LogP contribution in [0.5, 0.6) is 5.75 Å². The van der Waals surface area contributed by atoms with Gasteiger partial charge in [-0.05, 0) is 30.5 Å². The van der Waals surface area contributed by atoms with Gasteiger partial charge in [0.2, 0.25) is 5.91 Å². The molecule has 1 amide bonds. The first-order valence-corrected chi connectivity index (χ1v) is 6.63. The molecule has 1 atom stereocenters. The van der Waals surface area contributed by atoms with Crippen molar-refractivity contribution in [1.29, 1.82) is 0 Å². The summed E-state index contributed by atoms with van der Waals surface area (Å²) in [6.07, 6.45) is 1.00. The van der Waals surface area contributed by atoms with Crippen LogP contribution in [0.3, 0.4) is 0 Å². The fourth-order valence-electron chi connectivity index (χ4n) is 1.92. The maximum absolute atomic E-state index is 11.8. The third kappa shape index (κ3) is 5.19. The Balaban J connectivity index is 2.48. The number of aliphatic hydroxyl groups is 1. The third-order valence-electron chi connectivity index (χ3n) is 3.07. The van der Waals surface area contributed by atoms with Crippen LogP contribution in [0.4, 0.5) is 0 Å². The fourth-order valence-corrected chi connectivity index (χ4v) is 1.92. The number of methoxy groups -OCH3 is 2. The quantitative estimate of drug-likeness (QED) is 0.747. The standard InChI is InChI=1S/C15H23NO4/c1-11-4-5-12(8-14(11)20-3)6-7-15(18)16-13(9-17)10-19-2/h4-5,8,13,17H,6-7,9-10H2,1-3H3,(H,16,18)/t13-/m0/s1. The van der Waals surface area contributed by atoms with Gasteiger partial charge in [-0.15, -0.1) is 0 Å². The molecule has 0 aliphatic carbocycles. The summed E-state index contributed by atoms with van der Waals surface area (Å²) < 4.78 is 10.2. The number of aryl methyl sites for hydroxylation is 2. The minimum Gasteiger partial charge on any atom is -0.496 e. The van der Waals surface area contributed by atoms with Crippen LogP contribution >= 0.6 is 0 Å². The number of aliphatic hydroxyl groups excluding tert-OH is 1. The van der Waals surface area contributed by atoms with E-state index in [9.17, 15) is 4.79 Å². The first-order chi connectivity index (χ1) is 9.60. The van der Waals surface area contributed by atoms with Crippen molar-refractivity contribution < 1.29 is 19.4 Å². The maximum atomic E-state index is 11.8. The summed E-state index contributed by atoms with van der Waals surface area (Å²) in [6, 6.07) is 5.57. The van der Waals surface area contributed by atoms with Crippen LogP contribution in [0.1, 0.15) is 17.5 Å². The van der Waals surface area contributed by atoms with Gasteiger partial charge in [-0.2, -0.15) is 0 Å². The molecule has 0 aliphatic heterocycles. The van der Waals surface area contributed by atoms with E-state index in [1.807, 2.05) is 25.1 Å². The third-order valence-corrected chi connectivity index (χ3v) is 3.07. The Hall–Kier alpha value is -1.59. The molecule has 0 saturated carbocycles. The smallest absolute Gasteiger partial charge is 0.220 e. The van der Waals surface area contributed by atoms with E-state index < -0.39 is 0 Å². The summed E-state index contributed by atoms with van der Waals surface area (Å²) in [5.41, 5.74) is 2.12. The van der Waals surface area contributed by atoms with E-state index in [-0.39, 0.29) is 18.6 Å². The van der Waals surface area contributed by atoms with Crippen LogP contribution in [-0.2, 0) is 16.0 Å². The van der Waals surface area contributed by atoms with Gasteiger partial charge in [-0.1, -0.05) is 12.1 Å². The van der Waals surface area contributed by atoms with Gasteiger partial charge in [-0.3, -0.25) is 4.79 Å². The number of nitrogens with one attached hydrogen (secondary N) is 1. The normalized spacial score (nSPS) is 12.0. The van der Waals surface area contributed by atoms with E-state index >= 15 is 0 Å². The second-order valence-corrected chi connectivity index (χ2v) is 4.71. The van der Waals surface area contributed by atoms with Crippen molar-refractivity contribution in [1.82, 2.24) is 5.32 Å². The predicted octanol–water partition coefficient (Wildman–Crippen LogP) is 1.06. The molecule has 20 heavy (non-hydrogen) atoms. The number of ether oxygens (including phenoxy) is 2. The lowest BCUT2D eigenvalue weighted by Crippen LogP contribution is -2.40. The van der Waals surface area contributed by atoms with Crippen LogP contribution in [0.2, 0.25) is 0 Å². The topological polar surface area (TPSA) is 67.8 Å². The molecule has 0 aliphatic rings. The molecule has 5 nitrogen and oxygen atoms in total. The van der Waals surface area contributed by atoms with Crippen LogP contribution < -0.4 is 10.1 Å². The van der Waals surface area contributed by atoms with Gasteiger partial charge < -0.3 is 19.9 Å². The van der Waals surface area contributed by atoms with Gasteiger partial charge in [-0.25, -0.2) is 0 Å². The van der Waals surface area contributed by atoms with Gasteiger partial charge >= 0.3 is 0 Å². The maximum Gasteiger partial charge on any atom is 0.220 e. The Labute approximate surface area is 119 Å². The zero-order valence-corrected chi connectivity index (χ0v) is 12.3. The molecular weight excluding hydrogens is 258 g/mol. The Morgan fingerprint density at radius 2 is 2.15 bits per heavy atom. The Kier molecular flexibility index (Phi) is 7.04. The van der Waals surface area contributed by atoms with Crippen LogP contribution in [0, 0.1) is 6.92 Å². The van der Waals surface area contributed by atoms with Crippen molar-refractivity contribution in [2.45, 2.75) is 25.8 Å². The number of carbonyl (C=O) groups excluding carboxylic acids is 1. The molecule has 0 bridgehead atoms. The number of hydrogen-bond donors (Lipinski definition) is 2. The van der Waals surface area contributed by atoms with Gasteiger partial charge in [0.1, 0.15) is 5.75 Å². The van der Waals surface area contributed by atoms with E-state index in [0.717, 1.165) is 16.9 Å². The van der Waals surface area contributed by atoms with Crippen molar-refractivity contribution in [3.05, 3.63) is 29.3 Å². The lowest BCUT2D eigenvalue weighted by atomic mass is 10.1. The van der Waals surface area contributed by atoms with Crippen molar-refractivity contribution in [2.75, 3.05) is 27.4 Å². The van der Waals surface area contributed by atoms with Crippen LogP contribution in [0.15, 0.2) is 18.2 Å². The molecule has 1 aromatic rings. The predicted molar refractivity (Wildman–Crippen MR) is 76.9 cm³/mol. The lowest BCUT2D eigenvalue weighted by Gasteiger charge is -2.15. The highest BCUT2D eigenvalue weighted by molar-refractivity contribution is 5.76. The molecule has 5 heteroatoms. The van der Waals surface area contributed by atoms with Gasteiger partial charge in [0.05, 0.1) is 26.4 Å². The zero-order valence-electron chi connectivity index (χ0n) is 12.3. The summed E-state index contributed by atoms with van der Waals surface area (Å²) in [5, 5.41) is 11.8. The second kappa shape index (κ2) is 8.55. The molecule has 2 N–H and O–H groups in total. The fraction of sp³-hybridized carbons (Fsp3) is 0.533. The van der Waals surface area contributed by atoms with Gasteiger partial charge in [0.25, 0.3) is 0 Å². The van der Waals surface area contributed by atoms with Crippen molar-refractivity contribution >= 4 is 5.91 Å². The average Bonchev–Trinajstić information content (AvgIpc) is 2.45. The van der Waals surface area contributed by atoms with E-state index in [1.165, 1.54) is 7.11 Å². The van der Waals surface area contributed by atoms with Crippen molar-refractivity contribution in [3.63, 3.8) is 0 Å². The first kappa shape index (κ1) is 16.5. The summed E-state index contributed by atoms with van der Waals surface area (Å²) >= 11 is 0. The zero-order chi connectivity index (χ0) is 15.0. The number of rotatable bonds is 8. The Morgan fingerprint density at radius 3 is 2.75 bits per heavy atom. The minimum absolute atomic E-state index is 0.0966. The first-order valence-electron chi connectivity index (χ1n) is 6.63. The molecule has 1 aromatic carbocycles. The minimum atomic E-state index is -0.347. The molecular formula is C15H23NO4. The van der Waals surface area contributed by atoms with E-state index in [0.29, 0.717) is 19.4 Å². The molecule has 0 fully saturated rings. The molecule has 0 spiro atoms. The number of carbonyl (C=O) groups is 1. The summed E-state index contributed by atoms with van der Waals surface area (Å²) in [6.45, 7) is 2.16. The molecule has 0 aromatic heterocycles. The lowest BCUT2D eigenvalue weighted by molar-refractivity contribution is -0.122. The molecule has 0 saturated heterocycles. The second-order valence-electron chi connectivity index (χ2n) is 4.71. The molecule has 0 unspecified atom stereocenters. The van der Waals surface area contributed by atoms with Crippen LogP contribution in [0.25, 0.3) is 0 Å². The van der Waals surface area contributed by atoms with Crippen molar-refractivity contribution in [3.8, 4) is 5.75 Å². The highest BCUT2D eigenvalue weighted by atomic mass is 16.5. The summed E-state index contributed by atoms with van der Waals surface area (Å²) in [7, 11) is 3.17. The summed E-state index contributed by atoms with van der Waals surface area (Å²) in [5.74, 6) is 0.733. The van der Waals surface area contributed by atoms with E-state index in [4.69, 9.17) is 14.6 Å². The highest BCUT2D eigenvalue weighted by Gasteiger charge is 2.11. The monoisotopic (exact) mass is 281 g/mol. The number of hydrogen-bond acceptors (Lipinski definition) is 4. The van der Waals surface area contributed by atoms with Gasteiger partial charge in [0, 0.05) is 13.5 Å². The molecule has 112 valence electrons. The van der Waals surface area contributed by atoms with Gasteiger partial charge in [0.15, 0.2) is 0 Å². The SMILES string of the molecule is COC[C@H](CO)NC(=O)CCc1ccc(C)c(OC)c1.